The Morgan fingerprint density at radius 1 is 0.750 bits per heavy atom. The predicted molar refractivity (Wildman–Crippen MR) is 120 cm³/mol. The average molecular weight is 434 g/mol. The quantitative estimate of drug-likeness (QED) is 0.280. The highest BCUT2D eigenvalue weighted by atomic mass is 16.6. The fourth-order valence-electron chi connectivity index (χ4n) is 3.21. The molecule has 0 aliphatic rings. The van der Waals surface area contributed by atoms with E-state index in [-0.39, 0.29) is 13.2 Å². The van der Waals surface area contributed by atoms with Gasteiger partial charge in [-0.25, -0.2) is 14.2 Å². The topological polar surface area (TPSA) is 68.5 Å². The third-order valence-electron chi connectivity index (χ3n) is 4.95. The van der Waals surface area contributed by atoms with Crippen molar-refractivity contribution < 1.29 is 23.6 Å². The molecule has 32 heavy (non-hydrogen) atoms. The number of carbonyl (C=O) groups is 2. The summed E-state index contributed by atoms with van der Waals surface area (Å²) in [5, 5.41) is 2.68. The Hall–Kier alpha value is -3.67. The van der Waals surface area contributed by atoms with Crippen LogP contribution in [-0.2, 0) is 34.0 Å². The van der Waals surface area contributed by atoms with Gasteiger partial charge in [-0.1, -0.05) is 66.7 Å². The number of nitrogens with one attached hydrogen (secondary N) is 1. The number of ether oxygens (including phenoxy) is 2. The molecule has 2 aromatic carbocycles. The Balaban J connectivity index is 1.51. The lowest BCUT2D eigenvalue weighted by Gasteiger charge is -2.17. The minimum atomic E-state index is -0.761. The van der Waals surface area contributed by atoms with E-state index in [2.05, 4.69) is 9.88 Å². The molecular weight excluding hydrogens is 404 g/mol. The van der Waals surface area contributed by atoms with Crippen LogP contribution in [0.25, 0.3) is 0 Å². The summed E-state index contributed by atoms with van der Waals surface area (Å²) in [6.45, 7) is 1.14. The molecule has 0 saturated heterocycles. The molecule has 0 unspecified atom stereocenters. The van der Waals surface area contributed by atoms with Gasteiger partial charge in [-0.05, 0) is 24.0 Å². The van der Waals surface area contributed by atoms with Crippen LogP contribution in [-0.4, -0.2) is 18.1 Å². The number of alkyl carbamates (subject to hydrolysis) is 1. The van der Waals surface area contributed by atoms with Gasteiger partial charge in [0.1, 0.15) is 25.8 Å². The number of hydrogen-bond acceptors (Lipinski definition) is 4. The standard InChI is InChI=1S/C26H28N2O4/c29-25(31-20-22-12-4-1-5-13-22)24(16-8-11-19-28-17-9-3-10-18-28)27-26(30)32-21-23-14-6-2-7-15-23/h1-7,9-10,12-15,17-18,24H,8,11,16,19-21H2/p+1/t24-/m0/s1. The first kappa shape index (κ1) is 23.0. The summed E-state index contributed by atoms with van der Waals surface area (Å²) in [4.78, 5) is 25.0. The molecule has 1 aromatic heterocycles. The molecule has 0 spiro atoms. The highest BCUT2D eigenvalue weighted by Gasteiger charge is 2.23. The highest BCUT2D eigenvalue weighted by molar-refractivity contribution is 5.81. The van der Waals surface area contributed by atoms with Crippen molar-refractivity contribution in [1.82, 2.24) is 5.32 Å². The van der Waals surface area contributed by atoms with Crippen LogP contribution >= 0.6 is 0 Å². The van der Waals surface area contributed by atoms with Crippen molar-refractivity contribution in [1.29, 1.82) is 0 Å². The van der Waals surface area contributed by atoms with Crippen molar-refractivity contribution in [3.8, 4) is 0 Å². The number of hydrogen-bond donors (Lipinski definition) is 1. The van der Waals surface area contributed by atoms with Gasteiger partial charge in [-0.15, -0.1) is 0 Å². The maximum absolute atomic E-state index is 12.7. The van der Waals surface area contributed by atoms with Gasteiger partial charge in [-0.3, -0.25) is 0 Å². The number of amides is 1. The van der Waals surface area contributed by atoms with E-state index in [4.69, 9.17) is 9.47 Å². The zero-order chi connectivity index (χ0) is 22.4. The van der Waals surface area contributed by atoms with Gasteiger partial charge >= 0.3 is 12.1 Å². The molecule has 1 heterocycles. The summed E-state index contributed by atoms with van der Waals surface area (Å²) in [6.07, 6.45) is 5.48. The molecule has 166 valence electrons. The van der Waals surface area contributed by atoms with E-state index in [0.29, 0.717) is 6.42 Å². The van der Waals surface area contributed by atoms with Crippen LogP contribution in [0, 0.1) is 0 Å². The first-order chi connectivity index (χ1) is 15.7. The van der Waals surface area contributed by atoms with Crippen molar-refractivity contribution >= 4 is 12.1 Å². The SMILES string of the molecule is O=C(N[C@@H](CCCC[n+]1ccccc1)C(=O)OCc1ccccc1)OCc1ccccc1. The number of aromatic nitrogens is 1. The van der Waals surface area contributed by atoms with Gasteiger partial charge in [-0.2, -0.15) is 0 Å². The van der Waals surface area contributed by atoms with E-state index in [1.807, 2.05) is 91.3 Å². The molecule has 1 amide bonds. The fraction of sp³-hybridized carbons (Fsp3) is 0.269. The molecule has 0 aliphatic heterocycles. The summed E-state index contributed by atoms with van der Waals surface area (Å²) < 4.78 is 12.8. The molecular formula is C26H29N2O4+. The molecule has 0 saturated carbocycles. The summed E-state index contributed by atoms with van der Waals surface area (Å²) in [7, 11) is 0. The van der Waals surface area contributed by atoms with Crippen LogP contribution in [0.5, 0.6) is 0 Å². The Labute approximate surface area is 188 Å². The second-order valence-electron chi connectivity index (χ2n) is 7.46. The Morgan fingerprint density at radius 3 is 1.94 bits per heavy atom. The van der Waals surface area contributed by atoms with E-state index in [0.717, 1.165) is 30.5 Å². The Bertz CT molecular complexity index is 949. The predicted octanol–water partition coefficient (Wildman–Crippen LogP) is 4.18. The summed E-state index contributed by atoms with van der Waals surface area (Å²) in [5.41, 5.74) is 1.78. The summed E-state index contributed by atoms with van der Waals surface area (Å²) >= 11 is 0. The van der Waals surface area contributed by atoms with Crippen LogP contribution < -0.4 is 9.88 Å². The van der Waals surface area contributed by atoms with Gasteiger partial charge < -0.3 is 14.8 Å². The number of carbonyl (C=O) groups excluding carboxylic acids is 2. The third-order valence-corrected chi connectivity index (χ3v) is 4.95. The number of rotatable bonds is 11. The zero-order valence-corrected chi connectivity index (χ0v) is 18.1. The molecule has 6 heteroatoms. The Kier molecular flexibility index (Phi) is 9.27. The van der Waals surface area contributed by atoms with Crippen LogP contribution in [0.3, 0.4) is 0 Å². The lowest BCUT2D eigenvalue weighted by molar-refractivity contribution is -0.697. The lowest BCUT2D eigenvalue weighted by Crippen LogP contribution is -2.42. The van der Waals surface area contributed by atoms with Crippen molar-refractivity contribution in [2.24, 2.45) is 0 Å². The van der Waals surface area contributed by atoms with Gasteiger partial charge in [0.2, 0.25) is 0 Å². The van der Waals surface area contributed by atoms with Crippen LogP contribution in [0.15, 0.2) is 91.3 Å². The monoisotopic (exact) mass is 433 g/mol. The van der Waals surface area contributed by atoms with E-state index >= 15 is 0 Å². The first-order valence-electron chi connectivity index (χ1n) is 10.8. The van der Waals surface area contributed by atoms with Crippen molar-refractivity contribution in [3.05, 3.63) is 102 Å². The summed E-state index contributed by atoms with van der Waals surface area (Å²) in [6, 6.07) is 24.0. The molecule has 6 nitrogen and oxygen atoms in total. The lowest BCUT2D eigenvalue weighted by atomic mass is 10.1. The average Bonchev–Trinajstić information content (AvgIpc) is 2.85. The van der Waals surface area contributed by atoms with Crippen LogP contribution in [0.2, 0.25) is 0 Å². The molecule has 1 N–H and O–H groups in total. The van der Waals surface area contributed by atoms with E-state index in [1.54, 1.807) is 0 Å². The smallest absolute Gasteiger partial charge is 0.408 e. The molecule has 0 aliphatic carbocycles. The minimum Gasteiger partial charge on any atom is -0.459 e. The maximum atomic E-state index is 12.7. The number of unbranched alkanes of at least 4 members (excludes halogenated alkanes) is 1. The highest BCUT2D eigenvalue weighted by Crippen LogP contribution is 2.08. The second-order valence-corrected chi connectivity index (χ2v) is 7.46. The van der Waals surface area contributed by atoms with Gasteiger partial charge in [0.15, 0.2) is 12.4 Å². The first-order valence-corrected chi connectivity index (χ1v) is 10.8. The minimum absolute atomic E-state index is 0.142. The van der Waals surface area contributed by atoms with Crippen molar-refractivity contribution in [3.63, 3.8) is 0 Å². The van der Waals surface area contributed by atoms with Gasteiger partial charge in [0.05, 0.1) is 0 Å². The summed E-state index contributed by atoms with van der Waals surface area (Å²) in [5.74, 6) is -0.460. The van der Waals surface area contributed by atoms with Crippen molar-refractivity contribution in [2.45, 2.75) is 45.1 Å². The maximum Gasteiger partial charge on any atom is 0.408 e. The largest absolute Gasteiger partial charge is 0.459 e. The van der Waals surface area contributed by atoms with Gasteiger partial charge in [0.25, 0.3) is 0 Å². The van der Waals surface area contributed by atoms with Crippen LogP contribution in [0.1, 0.15) is 30.4 Å². The fourth-order valence-corrected chi connectivity index (χ4v) is 3.21. The molecule has 0 bridgehead atoms. The third kappa shape index (κ3) is 8.22. The second kappa shape index (κ2) is 12.9. The van der Waals surface area contributed by atoms with E-state index in [1.165, 1.54) is 0 Å². The van der Waals surface area contributed by atoms with Crippen LogP contribution in [0.4, 0.5) is 4.79 Å². The molecule has 3 rings (SSSR count). The number of aryl methyl sites for hydroxylation is 1. The Morgan fingerprint density at radius 2 is 1.31 bits per heavy atom. The van der Waals surface area contributed by atoms with Crippen molar-refractivity contribution in [2.75, 3.05) is 0 Å². The number of esters is 1. The number of benzene rings is 2. The number of pyridine rings is 1. The zero-order valence-electron chi connectivity index (χ0n) is 18.1. The van der Waals surface area contributed by atoms with Gasteiger partial charge in [0, 0.05) is 18.6 Å². The van der Waals surface area contributed by atoms with E-state index in [9.17, 15) is 9.59 Å². The normalized spacial score (nSPS) is 11.4. The number of nitrogens with zero attached hydrogens (tertiary/aromatic N) is 1. The molecule has 0 fully saturated rings. The molecule has 3 aromatic rings. The van der Waals surface area contributed by atoms with E-state index < -0.39 is 18.1 Å². The molecule has 1 atom stereocenters. The molecule has 0 radical (unpaired) electrons.